The van der Waals surface area contributed by atoms with Crippen LogP contribution in [0.4, 0.5) is 0 Å². The molecule has 0 aliphatic heterocycles. The molecular formula is C19H33NO. The number of carbonyl (C=O) groups excluding carboxylic acids is 1. The molecule has 0 spiro atoms. The number of hydrogen-bond acceptors (Lipinski definition) is 1. The summed E-state index contributed by atoms with van der Waals surface area (Å²) in [5.74, 6) is 2.78. The van der Waals surface area contributed by atoms with E-state index in [0.29, 0.717) is 17.4 Å². The third-order valence-corrected chi connectivity index (χ3v) is 6.95. The van der Waals surface area contributed by atoms with E-state index in [1.165, 1.54) is 57.8 Å². The first kappa shape index (κ1) is 15.4. The molecule has 0 bridgehead atoms. The average Bonchev–Trinajstić information content (AvgIpc) is 3.10. The van der Waals surface area contributed by atoms with E-state index >= 15 is 0 Å². The minimum absolute atomic E-state index is 0.302. The van der Waals surface area contributed by atoms with Gasteiger partial charge >= 0.3 is 0 Å². The fourth-order valence-corrected chi connectivity index (χ4v) is 5.48. The van der Waals surface area contributed by atoms with Crippen molar-refractivity contribution in [3.8, 4) is 0 Å². The highest BCUT2D eigenvalue weighted by atomic mass is 16.1. The summed E-state index contributed by atoms with van der Waals surface area (Å²) in [6.07, 6.45) is 14.3. The van der Waals surface area contributed by atoms with Gasteiger partial charge in [-0.05, 0) is 62.2 Å². The molecule has 3 aliphatic rings. The SMILES string of the molecule is CC(NC(=O)CCC1CCCC1)C1CC2CCC[C@@]2(C)C1. The second-order valence-electron chi connectivity index (χ2n) is 8.49. The summed E-state index contributed by atoms with van der Waals surface area (Å²) in [5, 5.41) is 3.31. The summed E-state index contributed by atoms with van der Waals surface area (Å²) in [6, 6.07) is 0.378. The Kier molecular flexibility index (Phi) is 4.61. The maximum atomic E-state index is 12.2. The van der Waals surface area contributed by atoms with Gasteiger partial charge in [0.2, 0.25) is 5.91 Å². The number of hydrogen-bond donors (Lipinski definition) is 1. The summed E-state index contributed by atoms with van der Waals surface area (Å²) in [7, 11) is 0. The number of nitrogens with one attached hydrogen (secondary N) is 1. The Bertz CT molecular complexity index is 374. The second-order valence-corrected chi connectivity index (χ2v) is 8.49. The fourth-order valence-electron chi connectivity index (χ4n) is 5.48. The minimum Gasteiger partial charge on any atom is -0.353 e. The highest BCUT2D eigenvalue weighted by Crippen LogP contribution is 2.56. The molecule has 0 aromatic rings. The molecule has 4 atom stereocenters. The van der Waals surface area contributed by atoms with E-state index in [1.54, 1.807) is 0 Å². The molecule has 0 radical (unpaired) electrons. The van der Waals surface area contributed by atoms with E-state index in [0.717, 1.165) is 30.6 Å². The largest absolute Gasteiger partial charge is 0.353 e. The molecule has 21 heavy (non-hydrogen) atoms. The van der Waals surface area contributed by atoms with Crippen LogP contribution in [0.25, 0.3) is 0 Å². The third-order valence-electron chi connectivity index (χ3n) is 6.95. The first-order valence-corrected chi connectivity index (χ1v) is 9.36. The van der Waals surface area contributed by atoms with E-state index in [-0.39, 0.29) is 0 Å². The van der Waals surface area contributed by atoms with Gasteiger partial charge in [-0.25, -0.2) is 0 Å². The first-order chi connectivity index (χ1) is 10.1. The second kappa shape index (κ2) is 6.30. The van der Waals surface area contributed by atoms with E-state index < -0.39 is 0 Å². The van der Waals surface area contributed by atoms with Crippen molar-refractivity contribution in [1.29, 1.82) is 0 Å². The van der Waals surface area contributed by atoms with Crippen LogP contribution in [0, 0.1) is 23.2 Å². The smallest absolute Gasteiger partial charge is 0.220 e. The highest BCUT2D eigenvalue weighted by Gasteiger charge is 2.47. The summed E-state index contributed by atoms with van der Waals surface area (Å²) in [6.45, 7) is 4.72. The molecule has 120 valence electrons. The number of fused-ring (bicyclic) bond motifs is 1. The van der Waals surface area contributed by atoms with Crippen molar-refractivity contribution in [3.63, 3.8) is 0 Å². The van der Waals surface area contributed by atoms with Crippen molar-refractivity contribution in [2.75, 3.05) is 0 Å². The van der Waals surface area contributed by atoms with E-state index in [1.807, 2.05) is 0 Å². The van der Waals surface area contributed by atoms with Gasteiger partial charge in [0.15, 0.2) is 0 Å². The molecule has 0 aromatic heterocycles. The molecule has 0 saturated heterocycles. The van der Waals surface area contributed by atoms with Gasteiger partial charge < -0.3 is 5.32 Å². The van der Waals surface area contributed by atoms with Gasteiger partial charge in [0.05, 0.1) is 0 Å². The van der Waals surface area contributed by atoms with Crippen LogP contribution in [0.2, 0.25) is 0 Å². The number of amides is 1. The summed E-state index contributed by atoms with van der Waals surface area (Å²) in [5.41, 5.74) is 0.591. The van der Waals surface area contributed by atoms with E-state index in [2.05, 4.69) is 19.2 Å². The molecular weight excluding hydrogens is 258 g/mol. The standard InChI is InChI=1S/C19H33NO/c1-14(16-12-17-8-5-11-19(17,2)13-16)20-18(21)10-9-15-6-3-4-7-15/h14-17H,3-13H2,1-2H3,(H,20,21)/t14?,16?,17?,19-/m0/s1. The van der Waals surface area contributed by atoms with Gasteiger partial charge in [0.25, 0.3) is 0 Å². The summed E-state index contributed by atoms with van der Waals surface area (Å²) >= 11 is 0. The van der Waals surface area contributed by atoms with Crippen molar-refractivity contribution < 1.29 is 4.79 Å². The Hall–Kier alpha value is -0.530. The van der Waals surface area contributed by atoms with Gasteiger partial charge in [-0.1, -0.05) is 39.0 Å². The van der Waals surface area contributed by atoms with Crippen molar-refractivity contribution in [2.24, 2.45) is 23.2 Å². The van der Waals surface area contributed by atoms with Crippen LogP contribution in [0.5, 0.6) is 0 Å². The zero-order chi connectivity index (χ0) is 14.9. The lowest BCUT2D eigenvalue weighted by atomic mass is 9.82. The molecule has 3 unspecified atom stereocenters. The van der Waals surface area contributed by atoms with E-state index in [4.69, 9.17) is 0 Å². The quantitative estimate of drug-likeness (QED) is 0.783. The van der Waals surface area contributed by atoms with Crippen molar-refractivity contribution in [3.05, 3.63) is 0 Å². The Morgan fingerprint density at radius 1 is 1.24 bits per heavy atom. The van der Waals surface area contributed by atoms with Gasteiger partial charge in [0, 0.05) is 12.5 Å². The fraction of sp³-hybridized carbons (Fsp3) is 0.947. The maximum absolute atomic E-state index is 12.2. The van der Waals surface area contributed by atoms with Crippen molar-refractivity contribution in [2.45, 2.75) is 90.5 Å². The minimum atomic E-state index is 0.302. The lowest BCUT2D eigenvalue weighted by Crippen LogP contribution is -2.37. The molecule has 2 heteroatoms. The zero-order valence-electron chi connectivity index (χ0n) is 14.0. The van der Waals surface area contributed by atoms with Gasteiger partial charge in [0.1, 0.15) is 0 Å². The maximum Gasteiger partial charge on any atom is 0.220 e. The Balaban J connectivity index is 1.41. The van der Waals surface area contributed by atoms with Gasteiger partial charge in [-0.3, -0.25) is 4.79 Å². The van der Waals surface area contributed by atoms with Crippen molar-refractivity contribution >= 4 is 5.91 Å². The molecule has 3 aliphatic carbocycles. The normalized spacial score (nSPS) is 37.6. The zero-order valence-corrected chi connectivity index (χ0v) is 14.0. The van der Waals surface area contributed by atoms with Crippen LogP contribution in [0.1, 0.15) is 84.5 Å². The van der Waals surface area contributed by atoms with Gasteiger partial charge in [-0.15, -0.1) is 0 Å². The predicted octanol–water partition coefficient (Wildman–Crippen LogP) is 4.68. The van der Waals surface area contributed by atoms with Crippen LogP contribution in [0.3, 0.4) is 0 Å². The van der Waals surface area contributed by atoms with Crippen LogP contribution in [0.15, 0.2) is 0 Å². The monoisotopic (exact) mass is 291 g/mol. The molecule has 1 amide bonds. The average molecular weight is 291 g/mol. The summed E-state index contributed by atoms with van der Waals surface area (Å²) < 4.78 is 0. The molecule has 2 nitrogen and oxygen atoms in total. The molecule has 3 rings (SSSR count). The lowest BCUT2D eigenvalue weighted by Gasteiger charge is -2.25. The predicted molar refractivity (Wildman–Crippen MR) is 87.0 cm³/mol. The Morgan fingerprint density at radius 3 is 2.71 bits per heavy atom. The molecule has 0 aromatic carbocycles. The third kappa shape index (κ3) is 3.46. The molecule has 1 N–H and O–H groups in total. The van der Waals surface area contributed by atoms with Gasteiger partial charge in [-0.2, -0.15) is 0 Å². The van der Waals surface area contributed by atoms with Crippen molar-refractivity contribution in [1.82, 2.24) is 5.32 Å². The first-order valence-electron chi connectivity index (χ1n) is 9.36. The molecule has 3 fully saturated rings. The highest BCUT2D eigenvalue weighted by molar-refractivity contribution is 5.76. The molecule has 3 saturated carbocycles. The van der Waals surface area contributed by atoms with Crippen LogP contribution in [-0.4, -0.2) is 11.9 Å². The topological polar surface area (TPSA) is 29.1 Å². The number of carbonyl (C=O) groups is 1. The lowest BCUT2D eigenvalue weighted by molar-refractivity contribution is -0.122. The van der Waals surface area contributed by atoms with Crippen LogP contribution >= 0.6 is 0 Å². The molecule has 0 heterocycles. The van der Waals surface area contributed by atoms with E-state index in [9.17, 15) is 4.79 Å². The van der Waals surface area contributed by atoms with Crippen LogP contribution < -0.4 is 5.32 Å². The summed E-state index contributed by atoms with van der Waals surface area (Å²) in [4.78, 5) is 12.2. The Morgan fingerprint density at radius 2 is 2.00 bits per heavy atom. The van der Waals surface area contributed by atoms with Crippen LogP contribution in [-0.2, 0) is 4.79 Å². The Labute approximate surface area is 130 Å². The number of rotatable bonds is 5.